The van der Waals surface area contributed by atoms with Gasteiger partial charge in [0.15, 0.2) is 5.43 Å². The van der Waals surface area contributed by atoms with Crippen molar-refractivity contribution in [1.29, 1.82) is 0 Å². The third kappa shape index (κ3) is 2.28. The SMILES string of the molecule is O=c1ccn(-c2ccccn2)c(-c2ccccn2)c1. The fourth-order valence-electron chi connectivity index (χ4n) is 1.89. The molecule has 0 unspecified atom stereocenters. The van der Waals surface area contributed by atoms with Gasteiger partial charge < -0.3 is 0 Å². The normalized spacial score (nSPS) is 10.3. The van der Waals surface area contributed by atoms with E-state index >= 15 is 0 Å². The smallest absolute Gasteiger partial charge is 0.182 e. The van der Waals surface area contributed by atoms with Crippen molar-refractivity contribution in [3.8, 4) is 17.2 Å². The molecule has 4 nitrogen and oxygen atoms in total. The molecule has 0 N–H and O–H groups in total. The van der Waals surface area contributed by atoms with Gasteiger partial charge in [-0.25, -0.2) is 4.98 Å². The maximum atomic E-state index is 11.6. The molecule has 3 aromatic heterocycles. The third-order valence-electron chi connectivity index (χ3n) is 2.75. The summed E-state index contributed by atoms with van der Waals surface area (Å²) in [5, 5.41) is 0. The van der Waals surface area contributed by atoms with Crippen LogP contribution in [0.3, 0.4) is 0 Å². The van der Waals surface area contributed by atoms with Crippen LogP contribution in [0.1, 0.15) is 0 Å². The summed E-state index contributed by atoms with van der Waals surface area (Å²) in [6.07, 6.45) is 5.14. The van der Waals surface area contributed by atoms with Crippen LogP contribution in [0.2, 0.25) is 0 Å². The Morgan fingerprint density at radius 1 is 0.895 bits per heavy atom. The summed E-state index contributed by atoms with van der Waals surface area (Å²) in [5.41, 5.74) is 1.42. The minimum Gasteiger partial charge on any atom is -0.299 e. The quantitative estimate of drug-likeness (QED) is 0.700. The zero-order valence-corrected chi connectivity index (χ0v) is 10.1. The lowest BCUT2D eigenvalue weighted by Crippen LogP contribution is -2.08. The van der Waals surface area contributed by atoms with Gasteiger partial charge in [-0.1, -0.05) is 12.1 Å². The lowest BCUT2D eigenvalue weighted by molar-refractivity contribution is 0.980. The molecular weight excluding hydrogens is 238 g/mol. The van der Waals surface area contributed by atoms with Crippen LogP contribution < -0.4 is 5.43 Å². The van der Waals surface area contributed by atoms with Crippen LogP contribution in [0.25, 0.3) is 17.2 Å². The summed E-state index contributed by atoms with van der Waals surface area (Å²) in [6, 6.07) is 14.3. The predicted molar refractivity (Wildman–Crippen MR) is 73.1 cm³/mol. The molecule has 3 rings (SSSR count). The highest BCUT2D eigenvalue weighted by Crippen LogP contribution is 2.17. The molecule has 0 aliphatic carbocycles. The molecule has 0 amide bonds. The first-order valence-electron chi connectivity index (χ1n) is 5.90. The van der Waals surface area contributed by atoms with Crippen molar-refractivity contribution in [1.82, 2.24) is 14.5 Å². The highest BCUT2D eigenvalue weighted by molar-refractivity contribution is 5.56. The van der Waals surface area contributed by atoms with Crippen molar-refractivity contribution < 1.29 is 0 Å². The topological polar surface area (TPSA) is 47.8 Å². The minimum absolute atomic E-state index is 0.0483. The monoisotopic (exact) mass is 249 g/mol. The lowest BCUT2D eigenvalue weighted by Gasteiger charge is -2.11. The van der Waals surface area contributed by atoms with E-state index in [1.165, 1.54) is 6.07 Å². The van der Waals surface area contributed by atoms with E-state index in [-0.39, 0.29) is 5.43 Å². The average Bonchev–Trinajstić information content (AvgIpc) is 2.49. The summed E-state index contributed by atoms with van der Waals surface area (Å²) in [4.78, 5) is 20.2. The van der Waals surface area contributed by atoms with E-state index in [9.17, 15) is 4.79 Å². The van der Waals surface area contributed by atoms with Crippen LogP contribution in [0, 0.1) is 0 Å². The number of hydrogen-bond donors (Lipinski definition) is 0. The van der Waals surface area contributed by atoms with Gasteiger partial charge in [0.05, 0.1) is 11.4 Å². The molecule has 0 bridgehead atoms. The van der Waals surface area contributed by atoms with E-state index in [1.807, 2.05) is 41.0 Å². The van der Waals surface area contributed by atoms with E-state index in [4.69, 9.17) is 0 Å². The van der Waals surface area contributed by atoms with Crippen molar-refractivity contribution in [3.63, 3.8) is 0 Å². The first kappa shape index (κ1) is 11.3. The van der Waals surface area contributed by atoms with Gasteiger partial charge >= 0.3 is 0 Å². The van der Waals surface area contributed by atoms with Crippen molar-refractivity contribution in [2.45, 2.75) is 0 Å². The van der Waals surface area contributed by atoms with Gasteiger partial charge in [0, 0.05) is 30.7 Å². The predicted octanol–water partition coefficient (Wildman–Crippen LogP) is 2.29. The summed E-state index contributed by atoms with van der Waals surface area (Å²) in [5.74, 6) is 0.753. The highest BCUT2D eigenvalue weighted by atomic mass is 16.1. The Morgan fingerprint density at radius 3 is 2.37 bits per heavy atom. The molecule has 0 aliphatic heterocycles. The summed E-state index contributed by atoms with van der Waals surface area (Å²) in [6.45, 7) is 0. The van der Waals surface area contributed by atoms with Crippen LogP contribution in [-0.4, -0.2) is 14.5 Å². The van der Waals surface area contributed by atoms with E-state index in [0.717, 1.165) is 17.2 Å². The second-order valence-corrected chi connectivity index (χ2v) is 4.02. The Hall–Kier alpha value is -2.75. The molecule has 0 spiro atoms. The van der Waals surface area contributed by atoms with Gasteiger partial charge in [-0.15, -0.1) is 0 Å². The minimum atomic E-state index is -0.0483. The second-order valence-electron chi connectivity index (χ2n) is 4.02. The molecule has 0 saturated heterocycles. The van der Waals surface area contributed by atoms with Gasteiger partial charge in [0.2, 0.25) is 0 Å². The maximum absolute atomic E-state index is 11.6. The molecule has 0 aliphatic rings. The Bertz CT molecular complexity index is 736. The van der Waals surface area contributed by atoms with E-state index < -0.39 is 0 Å². The first-order valence-corrected chi connectivity index (χ1v) is 5.90. The second kappa shape index (κ2) is 4.86. The van der Waals surface area contributed by atoms with Gasteiger partial charge in [-0.05, 0) is 24.3 Å². The highest BCUT2D eigenvalue weighted by Gasteiger charge is 2.07. The Kier molecular flexibility index (Phi) is 2.90. The molecule has 0 atom stereocenters. The molecular formula is C15H11N3O. The van der Waals surface area contributed by atoms with Gasteiger partial charge in [0.1, 0.15) is 5.82 Å². The molecule has 0 radical (unpaired) electrons. The van der Waals surface area contributed by atoms with Crippen molar-refractivity contribution >= 4 is 0 Å². The molecule has 92 valence electrons. The van der Waals surface area contributed by atoms with Crippen LogP contribution >= 0.6 is 0 Å². The van der Waals surface area contributed by atoms with Crippen LogP contribution in [-0.2, 0) is 0 Å². The fourth-order valence-corrected chi connectivity index (χ4v) is 1.89. The number of aromatic nitrogens is 3. The van der Waals surface area contributed by atoms with E-state index in [2.05, 4.69) is 9.97 Å². The number of hydrogen-bond acceptors (Lipinski definition) is 3. The first-order chi connectivity index (χ1) is 9.34. The Balaban J connectivity index is 2.24. The Labute approximate surface area is 110 Å². The summed E-state index contributed by atoms with van der Waals surface area (Å²) in [7, 11) is 0. The van der Waals surface area contributed by atoms with Crippen molar-refractivity contribution in [3.05, 3.63) is 77.3 Å². The van der Waals surface area contributed by atoms with E-state index in [1.54, 1.807) is 24.7 Å². The van der Waals surface area contributed by atoms with Crippen LogP contribution in [0.4, 0.5) is 0 Å². The van der Waals surface area contributed by atoms with Gasteiger partial charge in [-0.3, -0.25) is 14.3 Å². The van der Waals surface area contributed by atoms with Gasteiger partial charge in [0.25, 0.3) is 0 Å². The number of nitrogens with zero attached hydrogens (tertiary/aromatic N) is 3. The average molecular weight is 249 g/mol. The maximum Gasteiger partial charge on any atom is 0.182 e. The molecule has 0 fully saturated rings. The van der Waals surface area contributed by atoms with Gasteiger partial charge in [-0.2, -0.15) is 0 Å². The zero-order valence-electron chi connectivity index (χ0n) is 10.1. The zero-order chi connectivity index (χ0) is 13.1. The molecule has 3 aromatic rings. The number of pyridine rings is 3. The van der Waals surface area contributed by atoms with Crippen molar-refractivity contribution in [2.75, 3.05) is 0 Å². The fraction of sp³-hybridized carbons (Fsp3) is 0. The molecule has 0 saturated carbocycles. The number of rotatable bonds is 2. The third-order valence-corrected chi connectivity index (χ3v) is 2.75. The van der Waals surface area contributed by atoms with Crippen LogP contribution in [0.15, 0.2) is 71.9 Å². The molecule has 3 heterocycles. The molecule has 19 heavy (non-hydrogen) atoms. The van der Waals surface area contributed by atoms with Crippen molar-refractivity contribution in [2.24, 2.45) is 0 Å². The molecule has 4 heteroatoms. The van der Waals surface area contributed by atoms with E-state index in [0.29, 0.717) is 0 Å². The largest absolute Gasteiger partial charge is 0.299 e. The van der Waals surface area contributed by atoms with Crippen LogP contribution in [0.5, 0.6) is 0 Å². The molecule has 0 aromatic carbocycles. The summed E-state index contributed by atoms with van der Waals surface area (Å²) < 4.78 is 1.85. The Morgan fingerprint density at radius 2 is 1.68 bits per heavy atom. The summed E-state index contributed by atoms with van der Waals surface area (Å²) >= 11 is 0. The standard InChI is InChI=1S/C15H11N3O/c19-12-7-10-18(15-6-2-4-9-17-15)14(11-12)13-5-1-3-8-16-13/h1-11H. The lowest BCUT2D eigenvalue weighted by atomic mass is 10.2.